The fourth-order valence-electron chi connectivity index (χ4n) is 2.00. The van der Waals surface area contributed by atoms with Crippen molar-refractivity contribution < 1.29 is 9.90 Å². The molecule has 0 saturated heterocycles. The van der Waals surface area contributed by atoms with E-state index in [4.69, 9.17) is 11.6 Å². The monoisotopic (exact) mass is 289 g/mol. The van der Waals surface area contributed by atoms with Gasteiger partial charge in [0.15, 0.2) is 5.78 Å². The Kier molecular flexibility index (Phi) is 4.77. The van der Waals surface area contributed by atoms with Gasteiger partial charge in [-0.2, -0.15) is 0 Å². The molecule has 0 amide bonds. The van der Waals surface area contributed by atoms with E-state index in [2.05, 4.69) is 5.32 Å². The van der Waals surface area contributed by atoms with Crippen molar-refractivity contribution in [1.82, 2.24) is 0 Å². The molecule has 0 aliphatic carbocycles. The summed E-state index contributed by atoms with van der Waals surface area (Å²) in [6.07, 6.45) is -1.11. The molecule has 20 heavy (non-hydrogen) atoms. The first-order chi connectivity index (χ1) is 9.58. The van der Waals surface area contributed by atoms with Gasteiger partial charge in [-0.3, -0.25) is 4.79 Å². The average molecular weight is 290 g/mol. The zero-order valence-corrected chi connectivity index (χ0v) is 11.8. The maximum atomic E-state index is 11.5. The lowest BCUT2D eigenvalue weighted by Gasteiger charge is -2.24. The first-order valence-corrected chi connectivity index (χ1v) is 6.71. The highest BCUT2D eigenvalue weighted by atomic mass is 35.5. The molecule has 104 valence electrons. The number of carbonyl (C=O) groups excluding carboxylic acids is 1. The highest BCUT2D eigenvalue weighted by Crippen LogP contribution is 2.25. The molecule has 0 radical (unpaired) electrons. The lowest BCUT2D eigenvalue weighted by Crippen LogP contribution is -2.31. The standard InChI is InChI=1S/C16H16ClNO2/c1-11(19)16(20)15(12-6-3-2-4-7-12)18-14-9-5-8-13(17)10-14/h2-10,15-16,18,20H,1H3. The van der Waals surface area contributed by atoms with Crippen molar-refractivity contribution in [2.45, 2.75) is 19.1 Å². The van der Waals surface area contributed by atoms with Crippen molar-refractivity contribution in [3.63, 3.8) is 0 Å². The Hall–Kier alpha value is -1.84. The van der Waals surface area contributed by atoms with Crippen LogP contribution in [0.2, 0.25) is 5.02 Å². The van der Waals surface area contributed by atoms with E-state index in [1.807, 2.05) is 42.5 Å². The normalized spacial score (nSPS) is 13.6. The number of Topliss-reactive ketones (excluding diaryl/α,β-unsaturated/α-hetero) is 1. The van der Waals surface area contributed by atoms with Crippen LogP contribution in [-0.2, 0) is 4.79 Å². The number of benzene rings is 2. The summed E-state index contributed by atoms with van der Waals surface area (Å²) in [5.41, 5.74) is 1.60. The third-order valence-corrected chi connectivity index (χ3v) is 3.27. The van der Waals surface area contributed by atoms with E-state index in [0.29, 0.717) is 5.02 Å². The van der Waals surface area contributed by atoms with E-state index in [1.54, 1.807) is 12.1 Å². The molecule has 0 aromatic heterocycles. The third-order valence-electron chi connectivity index (χ3n) is 3.04. The molecule has 0 bridgehead atoms. The van der Waals surface area contributed by atoms with Gasteiger partial charge in [0.25, 0.3) is 0 Å². The molecule has 3 nitrogen and oxygen atoms in total. The number of nitrogens with one attached hydrogen (secondary N) is 1. The molecule has 2 atom stereocenters. The van der Waals surface area contributed by atoms with Crippen molar-refractivity contribution >= 4 is 23.1 Å². The van der Waals surface area contributed by atoms with Crippen LogP contribution in [0.25, 0.3) is 0 Å². The molecule has 0 aliphatic rings. The quantitative estimate of drug-likeness (QED) is 0.886. The predicted octanol–water partition coefficient (Wildman–Crippen LogP) is 3.44. The molecule has 2 rings (SSSR count). The van der Waals surface area contributed by atoms with Crippen molar-refractivity contribution in [3.05, 3.63) is 65.2 Å². The summed E-state index contributed by atoms with van der Waals surface area (Å²) in [7, 11) is 0. The largest absolute Gasteiger partial charge is 0.383 e. The molecule has 4 heteroatoms. The Labute approximate surface area is 123 Å². The number of rotatable bonds is 5. The van der Waals surface area contributed by atoms with Gasteiger partial charge in [-0.05, 0) is 30.7 Å². The van der Waals surface area contributed by atoms with Crippen molar-refractivity contribution in [1.29, 1.82) is 0 Å². The molecule has 0 heterocycles. The van der Waals surface area contributed by atoms with Gasteiger partial charge >= 0.3 is 0 Å². The number of halogens is 1. The average Bonchev–Trinajstić information content (AvgIpc) is 2.45. The number of carbonyl (C=O) groups is 1. The minimum Gasteiger partial charge on any atom is -0.383 e. The highest BCUT2D eigenvalue weighted by Gasteiger charge is 2.24. The summed E-state index contributed by atoms with van der Waals surface area (Å²) in [4.78, 5) is 11.5. The summed E-state index contributed by atoms with van der Waals surface area (Å²) in [6, 6.07) is 16.0. The maximum Gasteiger partial charge on any atom is 0.160 e. The fraction of sp³-hybridized carbons (Fsp3) is 0.188. The first kappa shape index (κ1) is 14.6. The van der Waals surface area contributed by atoms with Crippen molar-refractivity contribution in [3.8, 4) is 0 Å². The van der Waals surface area contributed by atoms with Gasteiger partial charge in [0.2, 0.25) is 0 Å². The van der Waals surface area contributed by atoms with E-state index in [-0.39, 0.29) is 5.78 Å². The number of hydrogen-bond acceptors (Lipinski definition) is 3. The van der Waals surface area contributed by atoms with Crippen LogP contribution in [0.15, 0.2) is 54.6 Å². The molecule has 0 spiro atoms. The second kappa shape index (κ2) is 6.55. The Morgan fingerprint density at radius 3 is 2.45 bits per heavy atom. The van der Waals surface area contributed by atoms with Crippen LogP contribution >= 0.6 is 11.6 Å². The van der Waals surface area contributed by atoms with Crippen LogP contribution in [0.5, 0.6) is 0 Å². The molecule has 2 unspecified atom stereocenters. The summed E-state index contributed by atoms with van der Waals surface area (Å²) >= 11 is 5.95. The van der Waals surface area contributed by atoms with E-state index >= 15 is 0 Å². The van der Waals surface area contributed by atoms with Crippen LogP contribution in [0.3, 0.4) is 0 Å². The van der Waals surface area contributed by atoms with Gasteiger partial charge in [-0.15, -0.1) is 0 Å². The molecular weight excluding hydrogens is 274 g/mol. The van der Waals surface area contributed by atoms with Crippen molar-refractivity contribution in [2.75, 3.05) is 5.32 Å². The number of anilines is 1. The van der Waals surface area contributed by atoms with Gasteiger partial charge in [0.1, 0.15) is 6.10 Å². The Morgan fingerprint density at radius 1 is 1.15 bits per heavy atom. The van der Waals surface area contributed by atoms with E-state index in [1.165, 1.54) is 6.92 Å². The Morgan fingerprint density at radius 2 is 1.85 bits per heavy atom. The SMILES string of the molecule is CC(=O)C(O)C(Nc1cccc(Cl)c1)c1ccccc1. The lowest BCUT2D eigenvalue weighted by atomic mass is 9.98. The van der Waals surface area contributed by atoms with E-state index < -0.39 is 12.1 Å². The number of ketones is 1. The van der Waals surface area contributed by atoms with Gasteiger partial charge in [0.05, 0.1) is 6.04 Å². The molecule has 0 fully saturated rings. The van der Waals surface area contributed by atoms with Crippen LogP contribution in [0, 0.1) is 0 Å². The fourth-order valence-corrected chi connectivity index (χ4v) is 2.19. The third kappa shape index (κ3) is 3.59. The number of aliphatic hydroxyl groups is 1. The van der Waals surface area contributed by atoms with Crippen molar-refractivity contribution in [2.24, 2.45) is 0 Å². The predicted molar refractivity (Wildman–Crippen MR) is 80.9 cm³/mol. The van der Waals surface area contributed by atoms with Gasteiger partial charge in [-0.25, -0.2) is 0 Å². The molecule has 0 saturated carbocycles. The molecular formula is C16H16ClNO2. The zero-order valence-electron chi connectivity index (χ0n) is 11.1. The van der Waals surface area contributed by atoms with Crippen LogP contribution < -0.4 is 5.32 Å². The van der Waals surface area contributed by atoms with E-state index in [0.717, 1.165) is 11.3 Å². The van der Waals surface area contributed by atoms with Gasteiger partial charge < -0.3 is 10.4 Å². The first-order valence-electron chi connectivity index (χ1n) is 6.33. The summed E-state index contributed by atoms with van der Waals surface area (Å²) in [6.45, 7) is 1.38. The van der Waals surface area contributed by atoms with Gasteiger partial charge in [0, 0.05) is 10.7 Å². The molecule has 2 N–H and O–H groups in total. The molecule has 2 aromatic rings. The smallest absolute Gasteiger partial charge is 0.160 e. The van der Waals surface area contributed by atoms with Crippen LogP contribution in [-0.4, -0.2) is 17.0 Å². The second-order valence-electron chi connectivity index (χ2n) is 4.60. The molecule has 2 aromatic carbocycles. The maximum absolute atomic E-state index is 11.5. The Balaban J connectivity index is 2.30. The zero-order chi connectivity index (χ0) is 14.5. The highest BCUT2D eigenvalue weighted by molar-refractivity contribution is 6.30. The number of aliphatic hydroxyl groups excluding tert-OH is 1. The minimum absolute atomic E-state index is 0.284. The summed E-state index contributed by atoms with van der Waals surface area (Å²) < 4.78 is 0. The Bertz CT molecular complexity index is 586. The second-order valence-corrected chi connectivity index (χ2v) is 5.03. The van der Waals surface area contributed by atoms with Crippen LogP contribution in [0.4, 0.5) is 5.69 Å². The minimum atomic E-state index is -1.11. The van der Waals surface area contributed by atoms with E-state index in [9.17, 15) is 9.90 Å². The number of hydrogen-bond donors (Lipinski definition) is 2. The van der Waals surface area contributed by atoms with Crippen LogP contribution in [0.1, 0.15) is 18.5 Å². The summed E-state index contributed by atoms with van der Waals surface area (Å²) in [5, 5.41) is 13.9. The van der Waals surface area contributed by atoms with Gasteiger partial charge in [-0.1, -0.05) is 48.0 Å². The topological polar surface area (TPSA) is 49.3 Å². The molecule has 0 aliphatic heterocycles. The summed E-state index contributed by atoms with van der Waals surface area (Å²) in [5.74, 6) is -0.284. The lowest BCUT2D eigenvalue weighted by molar-refractivity contribution is -0.125.